The molecule has 0 amide bonds. The van der Waals surface area contributed by atoms with Crippen LogP contribution >= 0.6 is 23.5 Å². The summed E-state index contributed by atoms with van der Waals surface area (Å²) in [4.78, 5) is 8.53. The molecule has 0 aliphatic rings. The summed E-state index contributed by atoms with van der Waals surface area (Å²) in [6.07, 6.45) is 5.56. The third kappa shape index (κ3) is 7.42. The molecule has 0 saturated carbocycles. The molecule has 0 N–H and O–H groups in total. The summed E-state index contributed by atoms with van der Waals surface area (Å²) >= 11 is 3.46. The van der Waals surface area contributed by atoms with Crippen LogP contribution in [0, 0.1) is 0 Å². The van der Waals surface area contributed by atoms with Crippen LogP contribution in [0.25, 0.3) is 0 Å². The summed E-state index contributed by atoms with van der Waals surface area (Å²) in [5.41, 5.74) is 0. The van der Waals surface area contributed by atoms with Gasteiger partial charge in [0.05, 0.1) is 10.1 Å². The second-order valence-corrected chi connectivity index (χ2v) is 8.51. The second-order valence-electron chi connectivity index (χ2n) is 4.59. The fourth-order valence-corrected chi connectivity index (χ4v) is 4.88. The standard InChI is InChI=1S/C16H20N2OS3/c19-22(13-5-11-20-15-7-1-3-9-17-15)14-6-12-21-16-8-2-4-10-18-16/h1-4,7-10H,5-6,11-14H2. The van der Waals surface area contributed by atoms with Gasteiger partial charge in [0.25, 0.3) is 0 Å². The van der Waals surface area contributed by atoms with Gasteiger partial charge in [0.1, 0.15) is 0 Å². The molecule has 0 atom stereocenters. The zero-order valence-corrected chi connectivity index (χ0v) is 14.8. The van der Waals surface area contributed by atoms with Gasteiger partial charge in [-0.2, -0.15) is 0 Å². The van der Waals surface area contributed by atoms with E-state index >= 15 is 0 Å². The summed E-state index contributed by atoms with van der Waals surface area (Å²) in [6, 6.07) is 11.8. The number of hydrogen-bond acceptors (Lipinski definition) is 5. The molecule has 0 spiro atoms. The Labute approximate surface area is 143 Å². The molecule has 2 aromatic heterocycles. The third-order valence-corrected chi connectivity index (χ3v) is 6.36. The molecule has 0 fully saturated rings. The predicted molar refractivity (Wildman–Crippen MR) is 97.0 cm³/mol. The number of rotatable bonds is 10. The van der Waals surface area contributed by atoms with Gasteiger partial charge in [-0.25, -0.2) is 9.97 Å². The van der Waals surface area contributed by atoms with Gasteiger partial charge < -0.3 is 0 Å². The minimum atomic E-state index is -0.703. The van der Waals surface area contributed by atoms with Gasteiger partial charge in [-0.15, -0.1) is 23.5 Å². The van der Waals surface area contributed by atoms with Gasteiger partial charge in [0.2, 0.25) is 0 Å². The average molecular weight is 353 g/mol. The lowest BCUT2D eigenvalue weighted by Crippen LogP contribution is -2.04. The lowest BCUT2D eigenvalue weighted by Gasteiger charge is -2.03. The average Bonchev–Trinajstić information content (AvgIpc) is 2.57. The fourth-order valence-electron chi connectivity index (χ4n) is 1.76. The van der Waals surface area contributed by atoms with Gasteiger partial charge in [0.15, 0.2) is 0 Å². The molecule has 2 rings (SSSR count). The van der Waals surface area contributed by atoms with Crippen LogP contribution in [-0.2, 0) is 10.8 Å². The van der Waals surface area contributed by atoms with E-state index in [-0.39, 0.29) is 0 Å². The zero-order chi connectivity index (χ0) is 15.5. The van der Waals surface area contributed by atoms with Crippen LogP contribution in [0.5, 0.6) is 0 Å². The molecule has 6 heteroatoms. The Bertz CT molecular complexity index is 502. The zero-order valence-electron chi connectivity index (χ0n) is 12.4. The first-order chi connectivity index (χ1) is 10.8. The van der Waals surface area contributed by atoms with Crippen LogP contribution in [0.2, 0.25) is 0 Å². The van der Waals surface area contributed by atoms with E-state index in [1.165, 1.54) is 0 Å². The van der Waals surface area contributed by atoms with Gasteiger partial charge in [-0.05, 0) is 37.1 Å². The molecular formula is C16H20N2OS3. The Hall–Kier alpha value is -0.850. The molecule has 0 radical (unpaired) electrons. The summed E-state index contributed by atoms with van der Waals surface area (Å²) in [6.45, 7) is 0. The van der Waals surface area contributed by atoms with Crippen molar-refractivity contribution < 1.29 is 4.21 Å². The van der Waals surface area contributed by atoms with E-state index in [0.29, 0.717) is 0 Å². The number of thioether (sulfide) groups is 2. The first-order valence-corrected chi connectivity index (χ1v) is 10.7. The second kappa shape index (κ2) is 10.8. The lowest BCUT2D eigenvalue weighted by atomic mass is 10.5. The first-order valence-electron chi connectivity index (χ1n) is 7.27. The van der Waals surface area contributed by atoms with Crippen LogP contribution in [0.4, 0.5) is 0 Å². The van der Waals surface area contributed by atoms with E-state index in [4.69, 9.17) is 0 Å². The van der Waals surface area contributed by atoms with Crippen molar-refractivity contribution in [1.29, 1.82) is 0 Å². The smallest absolute Gasteiger partial charge is 0.0959 e. The van der Waals surface area contributed by atoms with Crippen LogP contribution in [0.3, 0.4) is 0 Å². The molecule has 0 unspecified atom stereocenters. The van der Waals surface area contributed by atoms with Gasteiger partial charge in [-0.3, -0.25) is 4.21 Å². The maximum atomic E-state index is 11.9. The molecule has 2 heterocycles. The minimum absolute atomic E-state index is 0.703. The minimum Gasteiger partial charge on any atom is -0.260 e. The van der Waals surface area contributed by atoms with E-state index in [2.05, 4.69) is 9.97 Å². The van der Waals surface area contributed by atoms with Gasteiger partial charge >= 0.3 is 0 Å². The Balaban J connectivity index is 1.49. The normalized spacial score (nSPS) is 11.0. The number of aromatic nitrogens is 2. The number of hydrogen-bond donors (Lipinski definition) is 0. The Morgan fingerprint density at radius 1 is 0.818 bits per heavy atom. The summed E-state index contributed by atoms with van der Waals surface area (Å²) < 4.78 is 11.9. The van der Waals surface area contributed by atoms with E-state index < -0.39 is 10.8 Å². The van der Waals surface area contributed by atoms with Gasteiger partial charge in [-0.1, -0.05) is 12.1 Å². The van der Waals surface area contributed by atoms with Crippen LogP contribution in [-0.4, -0.2) is 37.2 Å². The topological polar surface area (TPSA) is 42.9 Å². The predicted octanol–water partition coefficient (Wildman–Crippen LogP) is 3.89. The van der Waals surface area contributed by atoms with Crippen LogP contribution in [0.1, 0.15) is 12.8 Å². The summed E-state index contributed by atoms with van der Waals surface area (Å²) in [5, 5.41) is 2.08. The number of nitrogens with zero attached hydrogens (tertiary/aromatic N) is 2. The van der Waals surface area contributed by atoms with Crippen LogP contribution in [0.15, 0.2) is 58.8 Å². The quantitative estimate of drug-likeness (QED) is 0.479. The van der Waals surface area contributed by atoms with Crippen molar-refractivity contribution in [2.75, 3.05) is 23.0 Å². The molecule has 0 saturated heterocycles. The highest BCUT2D eigenvalue weighted by molar-refractivity contribution is 7.99. The van der Waals surface area contributed by atoms with Crippen molar-refractivity contribution >= 4 is 34.3 Å². The molecule has 0 aliphatic heterocycles. The van der Waals surface area contributed by atoms with E-state index in [1.54, 1.807) is 35.9 Å². The van der Waals surface area contributed by atoms with Crippen molar-refractivity contribution in [3.8, 4) is 0 Å². The Morgan fingerprint density at radius 3 is 1.73 bits per heavy atom. The summed E-state index contributed by atoms with van der Waals surface area (Å²) in [5.74, 6) is 3.53. The van der Waals surface area contributed by atoms with E-state index in [0.717, 1.165) is 45.9 Å². The molecule has 3 nitrogen and oxygen atoms in total. The number of pyridine rings is 2. The molecule has 22 heavy (non-hydrogen) atoms. The largest absolute Gasteiger partial charge is 0.260 e. The van der Waals surface area contributed by atoms with Crippen molar-refractivity contribution in [2.24, 2.45) is 0 Å². The highest BCUT2D eigenvalue weighted by atomic mass is 32.2. The monoisotopic (exact) mass is 352 g/mol. The molecule has 0 aromatic carbocycles. The fraction of sp³-hybridized carbons (Fsp3) is 0.375. The lowest BCUT2D eigenvalue weighted by molar-refractivity contribution is 0.681. The van der Waals surface area contributed by atoms with E-state index in [9.17, 15) is 4.21 Å². The van der Waals surface area contributed by atoms with Crippen molar-refractivity contribution in [3.63, 3.8) is 0 Å². The van der Waals surface area contributed by atoms with E-state index in [1.807, 2.05) is 36.4 Å². The summed E-state index contributed by atoms with van der Waals surface area (Å²) in [7, 11) is -0.703. The van der Waals surface area contributed by atoms with Crippen molar-refractivity contribution in [2.45, 2.75) is 22.9 Å². The van der Waals surface area contributed by atoms with Crippen molar-refractivity contribution in [3.05, 3.63) is 48.8 Å². The molecule has 0 bridgehead atoms. The molecule has 118 valence electrons. The highest BCUT2D eigenvalue weighted by Gasteiger charge is 2.02. The molecule has 0 aliphatic carbocycles. The first kappa shape index (κ1) is 17.5. The maximum Gasteiger partial charge on any atom is 0.0959 e. The maximum absolute atomic E-state index is 11.9. The Kier molecular flexibility index (Phi) is 8.60. The Morgan fingerprint density at radius 2 is 1.32 bits per heavy atom. The van der Waals surface area contributed by atoms with Gasteiger partial charge in [0, 0.05) is 46.2 Å². The van der Waals surface area contributed by atoms with Crippen LogP contribution < -0.4 is 0 Å². The third-order valence-electron chi connectivity index (χ3n) is 2.81. The molecule has 2 aromatic rings. The SMILES string of the molecule is O=S(CCCSc1ccccn1)CCCSc1ccccn1. The molecular weight excluding hydrogens is 332 g/mol. The highest BCUT2D eigenvalue weighted by Crippen LogP contribution is 2.16. The van der Waals surface area contributed by atoms with Crippen molar-refractivity contribution in [1.82, 2.24) is 9.97 Å².